The van der Waals surface area contributed by atoms with Crippen molar-refractivity contribution in [3.8, 4) is 0 Å². The summed E-state index contributed by atoms with van der Waals surface area (Å²) in [5.74, 6) is -0.0674. The maximum atomic E-state index is 12.3. The van der Waals surface area contributed by atoms with Crippen LogP contribution in [0.4, 0.5) is 0 Å². The summed E-state index contributed by atoms with van der Waals surface area (Å²) in [6.07, 6.45) is 1.69. The Hall–Kier alpha value is -0.520. The van der Waals surface area contributed by atoms with Gasteiger partial charge in [-0.25, -0.2) is 0 Å². The van der Waals surface area contributed by atoms with Crippen molar-refractivity contribution in [2.75, 3.05) is 13.2 Å². The van der Waals surface area contributed by atoms with Crippen molar-refractivity contribution in [1.82, 2.24) is 5.32 Å². The standard InChI is InChI=1S/C13H16BrNO2S/c1-13(4-6-17-7-5-13)15-12(16)10-8-9(18)2-3-11(10)14/h2-3,8,18H,4-7H2,1H3,(H,15,16). The number of benzene rings is 1. The summed E-state index contributed by atoms with van der Waals surface area (Å²) >= 11 is 7.66. The minimum absolute atomic E-state index is 0.0674. The van der Waals surface area contributed by atoms with Crippen molar-refractivity contribution in [2.24, 2.45) is 0 Å². The van der Waals surface area contributed by atoms with Gasteiger partial charge in [0.15, 0.2) is 0 Å². The number of nitrogens with one attached hydrogen (secondary N) is 1. The fourth-order valence-electron chi connectivity index (χ4n) is 1.98. The van der Waals surface area contributed by atoms with Gasteiger partial charge in [0, 0.05) is 28.1 Å². The Morgan fingerprint density at radius 2 is 2.11 bits per heavy atom. The fraction of sp³-hybridized carbons (Fsp3) is 0.462. The third kappa shape index (κ3) is 3.28. The maximum Gasteiger partial charge on any atom is 0.252 e. The summed E-state index contributed by atoms with van der Waals surface area (Å²) in [7, 11) is 0. The van der Waals surface area contributed by atoms with E-state index in [1.54, 1.807) is 6.07 Å². The molecule has 1 aromatic carbocycles. The molecule has 2 rings (SSSR count). The lowest BCUT2D eigenvalue weighted by Crippen LogP contribution is -2.49. The number of hydrogen-bond donors (Lipinski definition) is 2. The van der Waals surface area contributed by atoms with Gasteiger partial charge in [0.1, 0.15) is 0 Å². The van der Waals surface area contributed by atoms with Crippen LogP contribution in [0.2, 0.25) is 0 Å². The number of halogens is 1. The van der Waals surface area contributed by atoms with E-state index in [1.165, 1.54) is 0 Å². The Labute approximate surface area is 121 Å². The van der Waals surface area contributed by atoms with Crippen molar-refractivity contribution in [3.05, 3.63) is 28.2 Å². The topological polar surface area (TPSA) is 38.3 Å². The highest BCUT2D eigenvalue weighted by Gasteiger charge is 2.29. The molecule has 0 saturated carbocycles. The van der Waals surface area contributed by atoms with Gasteiger partial charge in [0.05, 0.1) is 5.56 Å². The van der Waals surface area contributed by atoms with Crippen LogP contribution in [-0.4, -0.2) is 24.7 Å². The van der Waals surface area contributed by atoms with Gasteiger partial charge in [-0.15, -0.1) is 12.6 Å². The molecule has 0 aliphatic carbocycles. The Morgan fingerprint density at radius 3 is 2.78 bits per heavy atom. The Morgan fingerprint density at radius 1 is 1.44 bits per heavy atom. The number of hydrogen-bond acceptors (Lipinski definition) is 3. The monoisotopic (exact) mass is 329 g/mol. The first kappa shape index (κ1) is 13.9. The van der Waals surface area contributed by atoms with E-state index in [0.717, 1.165) is 22.2 Å². The van der Waals surface area contributed by atoms with Crippen LogP contribution in [0.15, 0.2) is 27.6 Å². The SMILES string of the molecule is CC1(NC(=O)c2cc(S)ccc2Br)CCOCC1. The molecule has 1 aliphatic heterocycles. The summed E-state index contributed by atoms with van der Waals surface area (Å²) in [4.78, 5) is 13.1. The molecule has 1 fully saturated rings. The van der Waals surface area contributed by atoms with Crippen molar-refractivity contribution >= 4 is 34.5 Å². The zero-order valence-electron chi connectivity index (χ0n) is 10.2. The van der Waals surface area contributed by atoms with E-state index < -0.39 is 0 Å². The lowest BCUT2D eigenvalue weighted by atomic mass is 9.92. The molecule has 1 amide bonds. The van der Waals surface area contributed by atoms with Crippen molar-refractivity contribution < 1.29 is 9.53 Å². The molecule has 0 aromatic heterocycles. The van der Waals surface area contributed by atoms with Crippen LogP contribution in [0.5, 0.6) is 0 Å². The second-order valence-corrected chi connectivity index (χ2v) is 6.16. The Balaban J connectivity index is 2.14. The molecule has 0 bridgehead atoms. The minimum atomic E-state index is -0.179. The first-order valence-corrected chi connectivity index (χ1v) is 7.13. The second kappa shape index (κ2) is 5.63. The van der Waals surface area contributed by atoms with Gasteiger partial charge in [0.25, 0.3) is 5.91 Å². The number of amides is 1. The predicted molar refractivity (Wildman–Crippen MR) is 77.3 cm³/mol. The van der Waals surface area contributed by atoms with E-state index in [-0.39, 0.29) is 11.4 Å². The lowest BCUT2D eigenvalue weighted by Gasteiger charge is -2.34. The summed E-state index contributed by atoms with van der Waals surface area (Å²) in [5.41, 5.74) is 0.441. The maximum absolute atomic E-state index is 12.3. The zero-order chi connectivity index (χ0) is 13.2. The normalized spacial score (nSPS) is 18.4. The van der Waals surface area contributed by atoms with Crippen molar-refractivity contribution in [1.29, 1.82) is 0 Å². The van der Waals surface area contributed by atoms with E-state index in [2.05, 4.69) is 40.8 Å². The Bertz CT molecular complexity index is 458. The van der Waals surface area contributed by atoms with E-state index in [4.69, 9.17) is 4.74 Å². The first-order chi connectivity index (χ1) is 8.50. The lowest BCUT2D eigenvalue weighted by molar-refractivity contribution is 0.0422. The van der Waals surface area contributed by atoms with Crippen LogP contribution < -0.4 is 5.32 Å². The van der Waals surface area contributed by atoms with Crippen LogP contribution in [0.1, 0.15) is 30.1 Å². The van der Waals surface area contributed by atoms with Gasteiger partial charge in [-0.3, -0.25) is 4.79 Å². The number of rotatable bonds is 2. The van der Waals surface area contributed by atoms with Crippen LogP contribution >= 0.6 is 28.6 Å². The molecule has 18 heavy (non-hydrogen) atoms. The highest BCUT2D eigenvalue weighted by Crippen LogP contribution is 2.24. The molecule has 0 spiro atoms. The summed E-state index contributed by atoms with van der Waals surface area (Å²) < 4.78 is 6.11. The van der Waals surface area contributed by atoms with E-state index >= 15 is 0 Å². The highest BCUT2D eigenvalue weighted by atomic mass is 79.9. The minimum Gasteiger partial charge on any atom is -0.381 e. The van der Waals surface area contributed by atoms with Crippen LogP contribution in [0.25, 0.3) is 0 Å². The van der Waals surface area contributed by atoms with Gasteiger partial charge in [-0.05, 0) is 53.9 Å². The molecule has 1 saturated heterocycles. The zero-order valence-corrected chi connectivity index (χ0v) is 12.7. The van der Waals surface area contributed by atoms with E-state index in [1.807, 2.05) is 12.1 Å². The van der Waals surface area contributed by atoms with Crippen LogP contribution in [0, 0.1) is 0 Å². The molecule has 1 aliphatic rings. The largest absolute Gasteiger partial charge is 0.381 e. The molecule has 0 atom stereocenters. The van der Waals surface area contributed by atoms with Crippen molar-refractivity contribution in [2.45, 2.75) is 30.2 Å². The van der Waals surface area contributed by atoms with Crippen LogP contribution in [-0.2, 0) is 4.74 Å². The second-order valence-electron chi connectivity index (χ2n) is 4.79. The molecule has 1 N–H and O–H groups in total. The summed E-state index contributed by atoms with van der Waals surface area (Å²) in [5, 5.41) is 3.10. The highest BCUT2D eigenvalue weighted by molar-refractivity contribution is 9.10. The van der Waals surface area contributed by atoms with Gasteiger partial charge < -0.3 is 10.1 Å². The molecule has 0 unspecified atom stereocenters. The van der Waals surface area contributed by atoms with Crippen molar-refractivity contribution in [3.63, 3.8) is 0 Å². The van der Waals surface area contributed by atoms with Gasteiger partial charge >= 0.3 is 0 Å². The van der Waals surface area contributed by atoms with Gasteiger partial charge in [0.2, 0.25) is 0 Å². The molecule has 0 radical (unpaired) electrons. The molecular formula is C13H16BrNO2S. The first-order valence-electron chi connectivity index (χ1n) is 5.89. The number of thiol groups is 1. The third-order valence-electron chi connectivity index (χ3n) is 3.21. The average Bonchev–Trinajstić information content (AvgIpc) is 2.32. The number of carbonyl (C=O) groups excluding carboxylic acids is 1. The van der Waals surface area contributed by atoms with E-state index in [0.29, 0.717) is 18.8 Å². The van der Waals surface area contributed by atoms with Gasteiger partial charge in [-0.1, -0.05) is 0 Å². The van der Waals surface area contributed by atoms with Gasteiger partial charge in [-0.2, -0.15) is 0 Å². The number of carbonyl (C=O) groups is 1. The smallest absolute Gasteiger partial charge is 0.252 e. The van der Waals surface area contributed by atoms with E-state index in [9.17, 15) is 4.79 Å². The molecule has 98 valence electrons. The molecule has 3 nitrogen and oxygen atoms in total. The summed E-state index contributed by atoms with van der Waals surface area (Å²) in [6.45, 7) is 3.46. The summed E-state index contributed by atoms with van der Waals surface area (Å²) in [6, 6.07) is 5.45. The molecule has 5 heteroatoms. The fourth-order valence-corrected chi connectivity index (χ4v) is 2.61. The predicted octanol–water partition coefficient (Wildman–Crippen LogP) is 3.04. The molecule has 1 aromatic rings. The quantitative estimate of drug-likeness (QED) is 0.818. The third-order valence-corrected chi connectivity index (χ3v) is 4.18. The molecule has 1 heterocycles. The average molecular weight is 330 g/mol. The Kier molecular flexibility index (Phi) is 4.35. The molecular weight excluding hydrogens is 314 g/mol. The van der Waals surface area contributed by atoms with Crippen LogP contribution in [0.3, 0.4) is 0 Å². The number of ether oxygens (including phenoxy) is 1.